The first kappa shape index (κ1) is 9.92. The molecule has 2 aromatic heterocycles. The summed E-state index contributed by atoms with van der Waals surface area (Å²) in [6.07, 6.45) is 3.41. The van der Waals surface area contributed by atoms with Gasteiger partial charge < -0.3 is 5.73 Å². The summed E-state index contributed by atoms with van der Waals surface area (Å²) in [6, 6.07) is 9.62. The molecule has 1 aromatic carbocycles. The zero-order valence-electron chi connectivity index (χ0n) is 9.04. The first-order valence-electron chi connectivity index (χ1n) is 5.30. The molecule has 3 rings (SSSR count). The van der Waals surface area contributed by atoms with Gasteiger partial charge in [-0.2, -0.15) is 15.4 Å². The lowest BCUT2D eigenvalue weighted by Crippen LogP contribution is -2.12. The zero-order chi connectivity index (χ0) is 11.7. The van der Waals surface area contributed by atoms with E-state index >= 15 is 0 Å². The summed E-state index contributed by atoms with van der Waals surface area (Å²) in [5.74, 6) is 0. The maximum absolute atomic E-state index is 6.11. The van der Waals surface area contributed by atoms with Gasteiger partial charge in [-0.1, -0.05) is 12.1 Å². The first-order chi connectivity index (χ1) is 8.34. The van der Waals surface area contributed by atoms with Crippen molar-refractivity contribution in [2.24, 2.45) is 5.73 Å². The Hall–Kier alpha value is -2.27. The van der Waals surface area contributed by atoms with Crippen LogP contribution in [0.4, 0.5) is 0 Å². The van der Waals surface area contributed by atoms with Crippen LogP contribution in [0.25, 0.3) is 10.9 Å². The van der Waals surface area contributed by atoms with Gasteiger partial charge in [0.1, 0.15) is 5.69 Å². The number of aromatic amines is 1. The number of hydrogen-bond donors (Lipinski definition) is 2. The third-order valence-corrected chi connectivity index (χ3v) is 2.74. The maximum atomic E-state index is 6.11. The molecule has 0 aliphatic heterocycles. The minimum atomic E-state index is -0.265. The Kier molecular flexibility index (Phi) is 2.31. The fourth-order valence-corrected chi connectivity index (χ4v) is 1.82. The van der Waals surface area contributed by atoms with Crippen molar-refractivity contribution in [3.8, 4) is 0 Å². The lowest BCUT2D eigenvalue weighted by Gasteiger charge is -2.09. The van der Waals surface area contributed by atoms with Crippen molar-refractivity contribution < 1.29 is 0 Å². The Bertz CT molecular complexity index is 632. The molecule has 0 radical (unpaired) electrons. The fraction of sp³-hybridized carbons (Fsp3) is 0.0833. The SMILES string of the molecule is NC(c1ccc2ncccc2c1)c1cn[nH]n1. The van der Waals surface area contributed by atoms with Crippen molar-refractivity contribution in [1.82, 2.24) is 20.4 Å². The van der Waals surface area contributed by atoms with Crippen LogP contribution in [-0.2, 0) is 0 Å². The molecule has 84 valence electrons. The van der Waals surface area contributed by atoms with Crippen molar-refractivity contribution in [3.05, 3.63) is 54.0 Å². The van der Waals surface area contributed by atoms with Gasteiger partial charge in [-0.25, -0.2) is 0 Å². The van der Waals surface area contributed by atoms with E-state index in [1.165, 1.54) is 0 Å². The summed E-state index contributed by atoms with van der Waals surface area (Å²) in [4.78, 5) is 4.27. The summed E-state index contributed by atoms with van der Waals surface area (Å²) in [6.45, 7) is 0. The summed E-state index contributed by atoms with van der Waals surface area (Å²) >= 11 is 0. The average molecular weight is 225 g/mol. The predicted octanol–water partition coefficient (Wildman–Crippen LogP) is 1.40. The van der Waals surface area contributed by atoms with Crippen LogP contribution in [0.5, 0.6) is 0 Å². The van der Waals surface area contributed by atoms with Gasteiger partial charge >= 0.3 is 0 Å². The smallest absolute Gasteiger partial charge is 0.104 e. The normalized spacial score (nSPS) is 12.8. The molecule has 0 aliphatic rings. The quantitative estimate of drug-likeness (QED) is 0.690. The minimum absolute atomic E-state index is 0.265. The molecule has 0 fully saturated rings. The Morgan fingerprint density at radius 2 is 2.18 bits per heavy atom. The molecule has 3 N–H and O–H groups in total. The van der Waals surface area contributed by atoms with Crippen molar-refractivity contribution in [1.29, 1.82) is 0 Å². The number of benzene rings is 1. The van der Waals surface area contributed by atoms with Crippen LogP contribution >= 0.6 is 0 Å². The van der Waals surface area contributed by atoms with E-state index in [2.05, 4.69) is 20.4 Å². The molecule has 1 atom stereocenters. The van der Waals surface area contributed by atoms with Crippen molar-refractivity contribution >= 4 is 10.9 Å². The van der Waals surface area contributed by atoms with Crippen LogP contribution in [-0.4, -0.2) is 20.4 Å². The number of aromatic nitrogens is 4. The lowest BCUT2D eigenvalue weighted by atomic mass is 10.0. The van der Waals surface area contributed by atoms with Gasteiger partial charge in [0.2, 0.25) is 0 Å². The first-order valence-corrected chi connectivity index (χ1v) is 5.30. The minimum Gasteiger partial charge on any atom is -0.319 e. The molecule has 0 bridgehead atoms. The van der Waals surface area contributed by atoms with E-state index in [-0.39, 0.29) is 6.04 Å². The molecule has 1 unspecified atom stereocenters. The van der Waals surface area contributed by atoms with Gasteiger partial charge in [0.15, 0.2) is 0 Å². The Balaban J connectivity index is 2.06. The van der Waals surface area contributed by atoms with E-state index in [0.717, 1.165) is 22.2 Å². The highest BCUT2D eigenvalue weighted by Gasteiger charge is 2.11. The number of nitrogens with one attached hydrogen (secondary N) is 1. The van der Waals surface area contributed by atoms with Gasteiger partial charge in [0.25, 0.3) is 0 Å². The molecular weight excluding hydrogens is 214 g/mol. The maximum Gasteiger partial charge on any atom is 0.104 e. The van der Waals surface area contributed by atoms with Gasteiger partial charge in [0, 0.05) is 11.6 Å². The highest BCUT2D eigenvalue weighted by atomic mass is 15.3. The number of fused-ring (bicyclic) bond motifs is 1. The third kappa shape index (κ3) is 1.76. The number of nitrogens with two attached hydrogens (primary N) is 1. The van der Waals surface area contributed by atoms with Gasteiger partial charge in [0.05, 0.1) is 17.8 Å². The molecule has 0 amide bonds. The van der Waals surface area contributed by atoms with E-state index in [0.29, 0.717) is 0 Å². The van der Waals surface area contributed by atoms with E-state index in [4.69, 9.17) is 5.73 Å². The van der Waals surface area contributed by atoms with Crippen LogP contribution in [0.1, 0.15) is 17.3 Å². The third-order valence-electron chi connectivity index (χ3n) is 2.74. The van der Waals surface area contributed by atoms with Gasteiger partial charge in [-0.3, -0.25) is 4.98 Å². The summed E-state index contributed by atoms with van der Waals surface area (Å²) in [5, 5.41) is 11.4. The molecule has 0 aliphatic carbocycles. The molecule has 0 spiro atoms. The molecular formula is C12H11N5. The molecule has 5 heteroatoms. The second kappa shape index (κ2) is 3.95. The highest BCUT2D eigenvalue weighted by molar-refractivity contribution is 5.79. The predicted molar refractivity (Wildman–Crippen MR) is 64.2 cm³/mol. The summed E-state index contributed by atoms with van der Waals surface area (Å²) in [5.41, 5.74) is 8.80. The van der Waals surface area contributed by atoms with E-state index in [9.17, 15) is 0 Å². The van der Waals surface area contributed by atoms with Crippen molar-refractivity contribution in [2.45, 2.75) is 6.04 Å². The van der Waals surface area contributed by atoms with E-state index in [1.807, 2.05) is 30.3 Å². The second-order valence-electron chi connectivity index (χ2n) is 3.83. The highest BCUT2D eigenvalue weighted by Crippen LogP contribution is 2.20. The van der Waals surface area contributed by atoms with Crippen molar-refractivity contribution in [3.63, 3.8) is 0 Å². The Morgan fingerprint density at radius 1 is 1.24 bits per heavy atom. The van der Waals surface area contributed by atoms with E-state index in [1.54, 1.807) is 12.4 Å². The summed E-state index contributed by atoms with van der Waals surface area (Å²) in [7, 11) is 0. The monoisotopic (exact) mass is 225 g/mol. The summed E-state index contributed by atoms with van der Waals surface area (Å²) < 4.78 is 0. The number of nitrogens with zero attached hydrogens (tertiary/aromatic N) is 3. The van der Waals surface area contributed by atoms with Crippen LogP contribution in [0.3, 0.4) is 0 Å². The van der Waals surface area contributed by atoms with Crippen LogP contribution in [0.2, 0.25) is 0 Å². The molecule has 3 aromatic rings. The molecule has 2 heterocycles. The number of H-pyrrole nitrogens is 1. The van der Waals surface area contributed by atoms with Gasteiger partial charge in [-0.15, -0.1) is 0 Å². The van der Waals surface area contributed by atoms with Gasteiger partial charge in [-0.05, 0) is 23.8 Å². The van der Waals surface area contributed by atoms with Crippen LogP contribution < -0.4 is 5.73 Å². The Labute approximate surface area is 97.7 Å². The molecule has 0 saturated heterocycles. The standard InChI is InChI=1S/C12H11N5/c13-12(11-7-15-17-16-11)9-3-4-10-8(6-9)2-1-5-14-10/h1-7,12H,13H2,(H,15,16,17). The number of rotatable bonds is 2. The topological polar surface area (TPSA) is 80.5 Å². The zero-order valence-corrected chi connectivity index (χ0v) is 9.04. The van der Waals surface area contributed by atoms with Crippen LogP contribution in [0.15, 0.2) is 42.7 Å². The molecule has 0 saturated carbocycles. The second-order valence-corrected chi connectivity index (χ2v) is 3.83. The fourth-order valence-electron chi connectivity index (χ4n) is 1.82. The van der Waals surface area contributed by atoms with Crippen LogP contribution in [0, 0.1) is 0 Å². The van der Waals surface area contributed by atoms with Crippen molar-refractivity contribution in [2.75, 3.05) is 0 Å². The molecule has 17 heavy (non-hydrogen) atoms. The largest absolute Gasteiger partial charge is 0.319 e. The average Bonchev–Trinajstić information content (AvgIpc) is 2.91. The Morgan fingerprint density at radius 3 is 3.00 bits per heavy atom. The molecule has 5 nitrogen and oxygen atoms in total. The van der Waals surface area contributed by atoms with E-state index < -0.39 is 0 Å². The number of pyridine rings is 1. The number of hydrogen-bond acceptors (Lipinski definition) is 4. The lowest BCUT2D eigenvalue weighted by molar-refractivity contribution is 0.810.